The average molecular weight is 347 g/mol. The molecule has 0 amide bonds. The highest BCUT2D eigenvalue weighted by atomic mass is 127. The summed E-state index contributed by atoms with van der Waals surface area (Å²) in [5.74, 6) is 0.212. The second kappa shape index (κ2) is 5.90. The average Bonchev–Trinajstić information content (AvgIpc) is 2.38. The smallest absolute Gasteiger partial charge is 0.286 e. The first-order chi connectivity index (χ1) is 8.07. The van der Waals surface area contributed by atoms with Gasteiger partial charge in [-0.2, -0.15) is 4.99 Å². The summed E-state index contributed by atoms with van der Waals surface area (Å²) in [6, 6.07) is 6.44. The molecule has 1 rings (SSSR count). The van der Waals surface area contributed by atoms with Gasteiger partial charge >= 0.3 is 0 Å². The molecule has 90 valence electrons. The molecule has 0 heterocycles. The molecule has 5 nitrogen and oxygen atoms in total. The van der Waals surface area contributed by atoms with Crippen molar-refractivity contribution in [3.63, 3.8) is 0 Å². The molecule has 6 heteroatoms. The van der Waals surface area contributed by atoms with Crippen LogP contribution in [0.15, 0.2) is 29.3 Å². The molecule has 0 fully saturated rings. The highest BCUT2D eigenvalue weighted by Gasteiger charge is 2.36. The van der Waals surface area contributed by atoms with Crippen LogP contribution in [-0.2, 0) is 9.53 Å². The molecule has 17 heavy (non-hydrogen) atoms. The molecule has 0 aliphatic heterocycles. The number of hydrogen-bond acceptors (Lipinski definition) is 5. The van der Waals surface area contributed by atoms with E-state index < -0.39 is 9.51 Å². The van der Waals surface area contributed by atoms with Crippen LogP contribution < -0.4 is 4.74 Å². The Balaban J connectivity index is 3.06. The molecule has 1 atom stereocenters. The molecule has 0 saturated heterocycles. The topological polar surface area (TPSA) is 65.0 Å². The molecule has 0 saturated carbocycles. The maximum Gasteiger partial charge on any atom is 0.286 e. The third-order valence-corrected chi connectivity index (χ3v) is 3.26. The first-order valence-corrected chi connectivity index (χ1v) is 5.67. The van der Waals surface area contributed by atoms with Crippen LogP contribution in [0.25, 0.3) is 0 Å². The van der Waals surface area contributed by atoms with Gasteiger partial charge < -0.3 is 9.47 Å². The van der Waals surface area contributed by atoms with Crippen molar-refractivity contribution in [3.8, 4) is 5.75 Å². The van der Waals surface area contributed by atoms with Crippen LogP contribution in [0, 0.1) is 0 Å². The van der Waals surface area contributed by atoms with E-state index in [4.69, 9.17) is 9.47 Å². The normalized spacial score (nSPS) is 13.4. The zero-order valence-electron chi connectivity index (χ0n) is 9.27. The minimum atomic E-state index is -1.56. The van der Waals surface area contributed by atoms with Crippen LogP contribution in [0.5, 0.6) is 5.75 Å². The Morgan fingerprint density at radius 3 is 2.35 bits per heavy atom. The zero-order chi connectivity index (χ0) is 12.9. The monoisotopic (exact) mass is 347 g/mol. The van der Waals surface area contributed by atoms with Gasteiger partial charge in [-0.3, -0.25) is 4.79 Å². The van der Waals surface area contributed by atoms with E-state index in [1.54, 1.807) is 46.9 Å². The molecule has 0 aliphatic carbocycles. The lowest BCUT2D eigenvalue weighted by Gasteiger charge is -2.17. The number of methoxy groups -OCH3 is 2. The predicted molar refractivity (Wildman–Crippen MR) is 69.2 cm³/mol. The Labute approximate surface area is 112 Å². The minimum Gasteiger partial charge on any atom is -0.497 e. The van der Waals surface area contributed by atoms with E-state index in [1.807, 2.05) is 0 Å². The molecular formula is C11H10INO4. The Bertz CT molecular complexity index is 453. The maximum atomic E-state index is 12.0. The number of halogens is 1. The molecular weight excluding hydrogens is 337 g/mol. The van der Waals surface area contributed by atoms with E-state index in [2.05, 4.69) is 4.99 Å². The van der Waals surface area contributed by atoms with Gasteiger partial charge in [0.05, 0.1) is 7.11 Å². The largest absolute Gasteiger partial charge is 0.497 e. The molecule has 0 aromatic heterocycles. The van der Waals surface area contributed by atoms with Crippen molar-refractivity contribution in [2.24, 2.45) is 4.99 Å². The van der Waals surface area contributed by atoms with Gasteiger partial charge in [0.1, 0.15) is 5.75 Å². The molecule has 0 bridgehead atoms. The van der Waals surface area contributed by atoms with Gasteiger partial charge in [-0.15, -0.1) is 0 Å². The SMILES string of the molecule is COc1ccc(C(=O)C(I)(N=C=O)OC)cc1. The number of benzene rings is 1. The Morgan fingerprint density at radius 2 is 1.94 bits per heavy atom. The van der Waals surface area contributed by atoms with Gasteiger partial charge in [-0.25, -0.2) is 4.79 Å². The Hall–Kier alpha value is -1.24. The number of ketones is 1. The van der Waals surface area contributed by atoms with Crippen LogP contribution in [0.3, 0.4) is 0 Å². The van der Waals surface area contributed by atoms with Crippen molar-refractivity contribution < 1.29 is 19.1 Å². The number of alkyl halides is 1. The summed E-state index contributed by atoms with van der Waals surface area (Å²) in [5, 5.41) is 0. The van der Waals surface area contributed by atoms with E-state index >= 15 is 0 Å². The van der Waals surface area contributed by atoms with Gasteiger partial charge in [0.25, 0.3) is 3.73 Å². The van der Waals surface area contributed by atoms with E-state index in [9.17, 15) is 9.59 Å². The number of aliphatic imine (C=N–C) groups is 1. The number of carbonyl (C=O) groups is 1. The molecule has 0 spiro atoms. The number of nitrogens with zero attached hydrogens (tertiary/aromatic N) is 1. The van der Waals surface area contributed by atoms with Gasteiger partial charge in [0.2, 0.25) is 11.9 Å². The van der Waals surface area contributed by atoms with Crippen molar-refractivity contribution in [2.75, 3.05) is 14.2 Å². The number of Topliss-reactive ketones (excluding diaryl/α,β-unsaturated/α-hetero) is 1. The summed E-state index contributed by atoms with van der Waals surface area (Å²) in [4.78, 5) is 25.7. The summed E-state index contributed by atoms with van der Waals surface area (Å²) in [6.07, 6.45) is 1.33. The quantitative estimate of drug-likeness (QED) is 0.204. The minimum absolute atomic E-state index is 0.376. The fourth-order valence-electron chi connectivity index (χ4n) is 1.17. The predicted octanol–water partition coefficient (Wildman–Crippen LogP) is 1.95. The third kappa shape index (κ3) is 3.12. The van der Waals surface area contributed by atoms with Crippen LogP contribution in [-0.4, -0.2) is 29.8 Å². The molecule has 0 radical (unpaired) electrons. The third-order valence-electron chi connectivity index (χ3n) is 2.09. The second-order valence-corrected chi connectivity index (χ2v) is 4.49. The lowest BCUT2D eigenvalue weighted by molar-refractivity contribution is 0.0574. The second-order valence-electron chi connectivity index (χ2n) is 3.03. The number of ether oxygens (including phenoxy) is 2. The van der Waals surface area contributed by atoms with Gasteiger partial charge in [0, 0.05) is 12.7 Å². The highest BCUT2D eigenvalue weighted by Crippen LogP contribution is 2.27. The number of hydrogen-bond donors (Lipinski definition) is 0. The number of isocyanates is 1. The standard InChI is InChI=1S/C11H10INO4/c1-16-9-5-3-8(4-6-9)10(15)11(12,17-2)13-7-14/h3-6H,1-2H3. The Morgan fingerprint density at radius 1 is 1.35 bits per heavy atom. The molecule has 1 aromatic carbocycles. The summed E-state index contributed by atoms with van der Waals surface area (Å²) in [7, 11) is 2.83. The van der Waals surface area contributed by atoms with Crippen molar-refractivity contribution in [1.29, 1.82) is 0 Å². The van der Waals surface area contributed by atoms with Crippen molar-refractivity contribution in [2.45, 2.75) is 3.73 Å². The van der Waals surface area contributed by atoms with Crippen LogP contribution in [0.4, 0.5) is 0 Å². The molecule has 0 aliphatic rings. The molecule has 0 N–H and O–H groups in total. The van der Waals surface area contributed by atoms with Crippen LogP contribution in [0.2, 0.25) is 0 Å². The van der Waals surface area contributed by atoms with E-state index in [0.717, 1.165) is 0 Å². The van der Waals surface area contributed by atoms with Crippen molar-refractivity contribution in [1.82, 2.24) is 0 Å². The van der Waals surface area contributed by atoms with Gasteiger partial charge in [-0.1, -0.05) is 0 Å². The summed E-state index contributed by atoms with van der Waals surface area (Å²) in [5.41, 5.74) is 0.376. The molecule has 1 unspecified atom stereocenters. The highest BCUT2D eigenvalue weighted by molar-refractivity contribution is 14.1. The summed E-state index contributed by atoms with van der Waals surface area (Å²) >= 11 is 1.65. The molecule has 1 aromatic rings. The zero-order valence-corrected chi connectivity index (χ0v) is 11.4. The van der Waals surface area contributed by atoms with Gasteiger partial charge in [0.15, 0.2) is 0 Å². The lowest BCUT2D eigenvalue weighted by Crippen LogP contribution is -2.31. The van der Waals surface area contributed by atoms with E-state index in [-0.39, 0.29) is 0 Å². The van der Waals surface area contributed by atoms with Crippen LogP contribution in [0.1, 0.15) is 10.4 Å². The number of carbonyl (C=O) groups excluding carboxylic acids is 2. The summed E-state index contributed by atoms with van der Waals surface area (Å²) in [6.45, 7) is 0. The van der Waals surface area contributed by atoms with E-state index in [1.165, 1.54) is 20.3 Å². The first-order valence-electron chi connectivity index (χ1n) is 4.59. The van der Waals surface area contributed by atoms with Crippen molar-refractivity contribution in [3.05, 3.63) is 29.8 Å². The maximum absolute atomic E-state index is 12.0. The van der Waals surface area contributed by atoms with Gasteiger partial charge in [-0.05, 0) is 46.9 Å². The van der Waals surface area contributed by atoms with Crippen molar-refractivity contribution >= 4 is 34.5 Å². The fraction of sp³-hybridized carbons (Fsp3) is 0.273. The summed E-state index contributed by atoms with van der Waals surface area (Å²) < 4.78 is 8.34. The lowest BCUT2D eigenvalue weighted by atomic mass is 10.1. The first kappa shape index (κ1) is 13.8. The Kier molecular flexibility index (Phi) is 4.80. The fourth-order valence-corrected chi connectivity index (χ4v) is 1.58. The number of rotatable bonds is 5. The van der Waals surface area contributed by atoms with Crippen LogP contribution >= 0.6 is 22.6 Å². The van der Waals surface area contributed by atoms with E-state index in [0.29, 0.717) is 11.3 Å².